The van der Waals surface area contributed by atoms with E-state index in [2.05, 4.69) is 25.3 Å². The molecule has 3 rings (SSSR count). The minimum atomic E-state index is 0.664. The zero-order valence-electron chi connectivity index (χ0n) is 8.31. The summed E-state index contributed by atoms with van der Waals surface area (Å²) in [4.78, 5) is 14.6. The smallest absolute Gasteiger partial charge is 0.197 e. The molecule has 1 aliphatic rings. The van der Waals surface area contributed by atoms with Gasteiger partial charge >= 0.3 is 0 Å². The van der Waals surface area contributed by atoms with E-state index in [1.54, 1.807) is 18.7 Å². The Kier molecular flexibility index (Phi) is 3.58. The maximum absolute atomic E-state index is 5.01. The Bertz CT molecular complexity index is 356. The second-order valence-electron chi connectivity index (χ2n) is 2.99. The fraction of sp³-hybridized carbons (Fsp3) is 0.444. The third-order valence-corrected chi connectivity index (χ3v) is 1.91. The first-order valence-corrected chi connectivity index (χ1v) is 4.85. The van der Waals surface area contributed by atoms with Crippen molar-refractivity contribution in [3.63, 3.8) is 0 Å². The summed E-state index contributed by atoms with van der Waals surface area (Å²) >= 11 is 0. The molecule has 1 aliphatic heterocycles. The quantitative estimate of drug-likeness (QED) is 0.634. The summed E-state index contributed by atoms with van der Waals surface area (Å²) in [5.74, 6) is 0. The number of morpholine rings is 1. The number of aromatic amines is 1. The van der Waals surface area contributed by atoms with Crippen LogP contribution < -0.4 is 5.32 Å². The summed E-state index contributed by atoms with van der Waals surface area (Å²) in [6, 6.07) is 0. The predicted molar refractivity (Wildman–Crippen MR) is 55.4 cm³/mol. The molecule has 2 aromatic rings. The number of nitrogens with one attached hydrogen (secondary N) is 2. The first-order chi connectivity index (χ1) is 7.47. The molecular weight excluding hydrogens is 194 g/mol. The van der Waals surface area contributed by atoms with Crippen LogP contribution in [0.5, 0.6) is 0 Å². The molecule has 0 saturated carbocycles. The van der Waals surface area contributed by atoms with Gasteiger partial charge in [0.1, 0.15) is 0 Å². The summed E-state index contributed by atoms with van der Waals surface area (Å²) in [6.07, 6.45) is 4.81. The standard InChI is InChI=1S/C5H4N4.C4H9NO/c1-2-7-5-4(6-1)8-3-9-5;1-3-6-4-2-5-1/h1-3H,(H,6,7,8,9);5H,1-4H2. The number of hydrogen-bond donors (Lipinski definition) is 2. The fourth-order valence-electron chi connectivity index (χ4n) is 1.20. The molecule has 0 atom stereocenters. The van der Waals surface area contributed by atoms with Crippen LogP contribution in [-0.2, 0) is 4.74 Å². The number of ether oxygens (including phenoxy) is 1. The normalized spacial score (nSPS) is 15.7. The van der Waals surface area contributed by atoms with E-state index in [0.717, 1.165) is 32.0 Å². The Morgan fingerprint density at radius 1 is 1.07 bits per heavy atom. The number of hydrogen-bond acceptors (Lipinski definition) is 5. The summed E-state index contributed by atoms with van der Waals surface area (Å²) in [7, 11) is 0. The second-order valence-corrected chi connectivity index (χ2v) is 2.99. The minimum Gasteiger partial charge on any atom is -0.379 e. The van der Waals surface area contributed by atoms with Gasteiger partial charge in [-0.1, -0.05) is 0 Å². The van der Waals surface area contributed by atoms with Crippen LogP contribution in [0.2, 0.25) is 0 Å². The van der Waals surface area contributed by atoms with Crippen molar-refractivity contribution in [3.05, 3.63) is 18.7 Å². The lowest BCUT2D eigenvalue weighted by molar-refractivity contribution is 0.109. The lowest BCUT2D eigenvalue weighted by Gasteiger charge is -2.10. The van der Waals surface area contributed by atoms with Gasteiger partial charge in [0, 0.05) is 25.5 Å². The van der Waals surface area contributed by atoms with Crippen LogP contribution in [0.4, 0.5) is 0 Å². The zero-order valence-corrected chi connectivity index (χ0v) is 8.31. The van der Waals surface area contributed by atoms with Crippen molar-refractivity contribution in [1.29, 1.82) is 0 Å². The number of H-pyrrole nitrogens is 1. The molecule has 80 valence electrons. The van der Waals surface area contributed by atoms with E-state index in [4.69, 9.17) is 4.74 Å². The highest BCUT2D eigenvalue weighted by Gasteiger charge is 1.93. The van der Waals surface area contributed by atoms with E-state index in [0.29, 0.717) is 5.65 Å². The van der Waals surface area contributed by atoms with Gasteiger partial charge in [-0.05, 0) is 0 Å². The number of imidazole rings is 1. The number of nitrogens with zero attached hydrogens (tertiary/aromatic N) is 3. The SMILES string of the molecule is C1COCCN1.c1cnc2[nH]cnc2n1. The molecule has 3 heterocycles. The van der Waals surface area contributed by atoms with Crippen molar-refractivity contribution < 1.29 is 4.74 Å². The van der Waals surface area contributed by atoms with Crippen LogP contribution in [0.3, 0.4) is 0 Å². The molecule has 15 heavy (non-hydrogen) atoms. The molecule has 0 radical (unpaired) electrons. The summed E-state index contributed by atoms with van der Waals surface area (Å²) in [6.45, 7) is 3.83. The van der Waals surface area contributed by atoms with Crippen LogP contribution in [0.15, 0.2) is 18.7 Å². The predicted octanol–water partition coefficient (Wildman–Crippen LogP) is -0.0409. The summed E-state index contributed by atoms with van der Waals surface area (Å²) < 4.78 is 5.01. The van der Waals surface area contributed by atoms with Crippen molar-refractivity contribution in [2.45, 2.75) is 0 Å². The average Bonchev–Trinajstić information content (AvgIpc) is 2.80. The summed E-state index contributed by atoms with van der Waals surface area (Å²) in [5, 5.41) is 3.16. The molecule has 6 heteroatoms. The number of fused-ring (bicyclic) bond motifs is 1. The molecule has 1 fully saturated rings. The van der Waals surface area contributed by atoms with E-state index < -0.39 is 0 Å². The van der Waals surface area contributed by atoms with Gasteiger partial charge in [0.2, 0.25) is 0 Å². The van der Waals surface area contributed by atoms with Gasteiger partial charge in [0.15, 0.2) is 11.3 Å². The third kappa shape index (κ3) is 2.97. The highest BCUT2D eigenvalue weighted by molar-refractivity contribution is 5.63. The van der Waals surface area contributed by atoms with Crippen molar-refractivity contribution >= 4 is 11.3 Å². The molecule has 0 aromatic carbocycles. The van der Waals surface area contributed by atoms with Crippen molar-refractivity contribution in [1.82, 2.24) is 25.3 Å². The van der Waals surface area contributed by atoms with Crippen LogP contribution >= 0.6 is 0 Å². The number of rotatable bonds is 0. The highest BCUT2D eigenvalue weighted by atomic mass is 16.5. The van der Waals surface area contributed by atoms with Crippen molar-refractivity contribution in [3.8, 4) is 0 Å². The summed E-state index contributed by atoms with van der Waals surface area (Å²) in [5.41, 5.74) is 1.40. The lowest BCUT2D eigenvalue weighted by atomic mass is 10.5. The monoisotopic (exact) mass is 207 g/mol. The Morgan fingerprint density at radius 3 is 2.47 bits per heavy atom. The second kappa shape index (κ2) is 5.38. The maximum Gasteiger partial charge on any atom is 0.197 e. The molecule has 0 amide bonds. The van der Waals surface area contributed by atoms with E-state index >= 15 is 0 Å². The number of aromatic nitrogens is 4. The molecule has 2 aromatic heterocycles. The first-order valence-electron chi connectivity index (χ1n) is 4.85. The zero-order chi connectivity index (χ0) is 10.3. The Labute approximate surface area is 87.1 Å². The van der Waals surface area contributed by atoms with Crippen molar-refractivity contribution in [2.24, 2.45) is 0 Å². The Hall–Kier alpha value is -1.53. The lowest BCUT2D eigenvalue weighted by Crippen LogP contribution is -2.30. The molecule has 0 spiro atoms. The van der Waals surface area contributed by atoms with Gasteiger partial charge in [-0.3, -0.25) is 0 Å². The molecule has 0 aliphatic carbocycles. The van der Waals surface area contributed by atoms with E-state index in [1.165, 1.54) is 0 Å². The molecule has 0 bridgehead atoms. The molecule has 1 saturated heterocycles. The molecule has 0 unspecified atom stereocenters. The Morgan fingerprint density at radius 2 is 1.87 bits per heavy atom. The van der Waals surface area contributed by atoms with Gasteiger partial charge in [0.25, 0.3) is 0 Å². The van der Waals surface area contributed by atoms with Gasteiger partial charge in [-0.2, -0.15) is 0 Å². The fourth-order valence-corrected chi connectivity index (χ4v) is 1.20. The largest absolute Gasteiger partial charge is 0.379 e. The van der Waals surface area contributed by atoms with E-state index in [9.17, 15) is 0 Å². The van der Waals surface area contributed by atoms with Crippen molar-refractivity contribution in [2.75, 3.05) is 26.3 Å². The molecule has 6 nitrogen and oxygen atoms in total. The van der Waals surface area contributed by atoms with Crippen LogP contribution in [0.1, 0.15) is 0 Å². The maximum atomic E-state index is 5.01. The van der Waals surface area contributed by atoms with Gasteiger partial charge in [-0.15, -0.1) is 0 Å². The minimum absolute atomic E-state index is 0.664. The van der Waals surface area contributed by atoms with E-state index in [1.807, 2.05) is 0 Å². The topological polar surface area (TPSA) is 75.7 Å². The van der Waals surface area contributed by atoms with Gasteiger partial charge in [0.05, 0.1) is 19.5 Å². The van der Waals surface area contributed by atoms with Crippen LogP contribution in [0, 0.1) is 0 Å². The molecule has 2 N–H and O–H groups in total. The average molecular weight is 207 g/mol. The Balaban J connectivity index is 0.000000124. The van der Waals surface area contributed by atoms with Gasteiger partial charge in [-0.25, -0.2) is 15.0 Å². The van der Waals surface area contributed by atoms with Crippen LogP contribution in [0.25, 0.3) is 11.3 Å². The van der Waals surface area contributed by atoms with Gasteiger partial charge < -0.3 is 15.0 Å². The third-order valence-electron chi connectivity index (χ3n) is 1.91. The van der Waals surface area contributed by atoms with Crippen LogP contribution in [-0.4, -0.2) is 46.2 Å². The first kappa shape index (κ1) is 10.0. The molecular formula is C9H13N5O. The van der Waals surface area contributed by atoms with E-state index in [-0.39, 0.29) is 0 Å². The highest BCUT2D eigenvalue weighted by Crippen LogP contribution is 1.96.